The maximum Gasteiger partial charge on any atom is 0.416 e. The number of carbonyl (C=O) groups excluding carboxylic acids is 1. The molecule has 2 aromatic rings. The van der Waals surface area contributed by atoms with Crippen molar-refractivity contribution < 1.29 is 31.1 Å². The molecule has 0 aromatic heterocycles. The van der Waals surface area contributed by atoms with Gasteiger partial charge in [0.15, 0.2) is 0 Å². The fraction of sp³-hybridized carbons (Fsp3) is 0.409. The zero-order chi connectivity index (χ0) is 24.2. The van der Waals surface area contributed by atoms with Crippen molar-refractivity contribution >= 4 is 21.6 Å². The Morgan fingerprint density at radius 3 is 2.33 bits per heavy atom. The van der Waals surface area contributed by atoms with Crippen LogP contribution in [0.2, 0.25) is 0 Å². The summed E-state index contributed by atoms with van der Waals surface area (Å²) in [6, 6.07) is 9.09. The predicted molar refractivity (Wildman–Crippen MR) is 117 cm³/mol. The normalized spacial score (nSPS) is 19.8. The largest absolute Gasteiger partial charge is 0.416 e. The minimum Gasteiger partial charge on any atom is -0.373 e. The van der Waals surface area contributed by atoms with Gasteiger partial charge in [-0.15, -0.1) is 0 Å². The number of benzene rings is 2. The Bertz CT molecular complexity index is 1070. The molecule has 180 valence electrons. The Morgan fingerprint density at radius 1 is 1.09 bits per heavy atom. The van der Waals surface area contributed by atoms with Crippen LogP contribution in [0.3, 0.4) is 0 Å². The minimum absolute atomic E-state index is 0.128. The fourth-order valence-electron chi connectivity index (χ4n) is 3.66. The zero-order valence-electron chi connectivity index (χ0n) is 18.2. The second kappa shape index (κ2) is 10.1. The molecule has 2 N–H and O–H groups in total. The number of amides is 1. The minimum atomic E-state index is -4.59. The van der Waals surface area contributed by atoms with Crippen LogP contribution in [0.15, 0.2) is 53.4 Å². The average molecular weight is 486 g/mol. The molecule has 33 heavy (non-hydrogen) atoms. The second-order valence-electron chi connectivity index (χ2n) is 7.98. The summed E-state index contributed by atoms with van der Waals surface area (Å²) < 4.78 is 71.4. The van der Waals surface area contributed by atoms with Gasteiger partial charge in [-0.3, -0.25) is 14.4 Å². The zero-order valence-corrected chi connectivity index (χ0v) is 19.0. The van der Waals surface area contributed by atoms with Gasteiger partial charge in [0, 0.05) is 37.4 Å². The molecule has 1 aliphatic rings. The first-order valence-corrected chi connectivity index (χ1v) is 11.9. The molecule has 11 heteroatoms. The first-order valence-electron chi connectivity index (χ1n) is 10.4. The summed E-state index contributed by atoms with van der Waals surface area (Å²) >= 11 is 0. The van der Waals surface area contributed by atoms with Crippen molar-refractivity contribution in [3.8, 4) is 0 Å². The van der Waals surface area contributed by atoms with Crippen LogP contribution in [0.1, 0.15) is 29.8 Å². The van der Waals surface area contributed by atoms with Gasteiger partial charge in [0.1, 0.15) is 0 Å². The van der Waals surface area contributed by atoms with E-state index in [0.29, 0.717) is 13.1 Å². The van der Waals surface area contributed by atoms with Gasteiger partial charge in [-0.1, -0.05) is 6.07 Å². The van der Waals surface area contributed by atoms with Crippen molar-refractivity contribution in [2.75, 3.05) is 30.9 Å². The molecule has 1 aliphatic heterocycles. The summed E-state index contributed by atoms with van der Waals surface area (Å²) in [6.45, 7) is 6.65. The number of hydrogen-bond donors (Lipinski definition) is 2. The van der Waals surface area contributed by atoms with Crippen LogP contribution >= 0.6 is 0 Å². The molecule has 1 saturated heterocycles. The SMILES string of the molecule is CC1CN(CCNC(=O)c2ccc(S(=O)(=O)Nc3cccc(C(F)(F)F)c3)cc2)CC(C)O1. The van der Waals surface area contributed by atoms with E-state index in [0.717, 1.165) is 31.3 Å². The van der Waals surface area contributed by atoms with E-state index >= 15 is 0 Å². The van der Waals surface area contributed by atoms with Crippen molar-refractivity contribution in [3.63, 3.8) is 0 Å². The van der Waals surface area contributed by atoms with Crippen molar-refractivity contribution in [1.82, 2.24) is 10.2 Å². The fourth-order valence-corrected chi connectivity index (χ4v) is 4.70. The van der Waals surface area contributed by atoms with Crippen molar-refractivity contribution in [3.05, 3.63) is 59.7 Å². The van der Waals surface area contributed by atoms with E-state index in [-0.39, 0.29) is 34.3 Å². The summed E-state index contributed by atoms with van der Waals surface area (Å²) in [5.41, 5.74) is -0.897. The van der Waals surface area contributed by atoms with Gasteiger partial charge in [0.25, 0.3) is 15.9 Å². The van der Waals surface area contributed by atoms with E-state index in [1.165, 1.54) is 30.3 Å². The number of halogens is 3. The lowest BCUT2D eigenvalue weighted by atomic mass is 10.2. The number of hydrogen-bond acceptors (Lipinski definition) is 5. The summed E-state index contributed by atoms with van der Waals surface area (Å²) in [7, 11) is -4.13. The number of nitrogens with one attached hydrogen (secondary N) is 2. The highest BCUT2D eigenvalue weighted by molar-refractivity contribution is 7.92. The third-order valence-electron chi connectivity index (χ3n) is 5.08. The van der Waals surface area contributed by atoms with E-state index in [1.54, 1.807) is 0 Å². The van der Waals surface area contributed by atoms with E-state index in [2.05, 4.69) is 14.9 Å². The van der Waals surface area contributed by atoms with Crippen LogP contribution in [-0.4, -0.2) is 57.6 Å². The summed E-state index contributed by atoms with van der Waals surface area (Å²) in [4.78, 5) is 14.4. The number of anilines is 1. The number of carbonyl (C=O) groups is 1. The van der Waals surface area contributed by atoms with Gasteiger partial charge in [0.2, 0.25) is 0 Å². The molecule has 0 aliphatic carbocycles. The number of morpholine rings is 1. The Labute approximate surface area is 191 Å². The number of nitrogens with zero attached hydrogens (tertiary/aromatic N) is 1. The first kappa shape index (κ1) is 25.0. The van der Waals surface area contributed by atoms with E-state index in [9.17, 15) is 26.4 Å². The molecule has 2 atom stereocenters. The predicted octanol–water partition coefficient (Wildman–Crippen LogP) is 3.35. The maximum absolute atomic E-state index is 12.8. The smallest absolute Gasteiger partial charge is 0.373 e. The summed E-state index contributed by atoms with van der Waals surface area (Å²) in [6.07, 6.45) is -4.33. The molecular weight excluding hydrogens is 459 g/mol. The van der Waals surface area contributed by atoms with Gasteiger partial charge in [-0.2, -0.15) is 13.2 Å². The Morgan fingerprint density at radius 2 is 1.73 bits per heavy atom. The van der Waals surface area contributed by atoms with Crippen LogP contribution in [-0.2, 0) is 20.9 Å². The van der Waals surface area contributed by atoms with Gasteiger partial charge in [-0.25, -0.2) is 8.42 Å². The molecule has 1 fully saturated rings. The third kappa shape index (κ3) is 6.92. The Hall–Kier alpha value is -2.63. The lowest BCUT2D eigenvalue weighted by Gasteiger charge is -2.35. The highest BCUT2D eigenvalue weighted by Crippen LogP contribution is 2.31. The standard InChI is InChI=1S/C22H26F3N3O4S/c1-15-13-28(14-16(2)32-15)11-10-26-21(29)17-6-8-20(9-7-17)33(30,31)27-19-5-3-4-18(12-19)22(23,24)25/h3-9,12,15-16,27H,10-11,13-14H2,1-2H3,(H,26,29). The van der Waals surface area contributed by atoms with Crippen LogP contribution in [0, 0.1) is 0 Å². The van der Waals surface area contributed by atoms with Crippen LogP contribution in [0.25, 0.3) is 0 Å². The van der Waals surface area contributed by atoms with Gasteiger partial charge in [-0.05, 0) is 56.3 Å². The highest BCUT2D eigenvalue weighted by Gasteiger charge is 2.30. The molecule has 0 spiro atoms. The Balaban J connectivity index is 1.58. The molecule has 2 unspecified atom stereocenters. The molecule has 1 heterocycles. The molecule has 1 amide bonds. The lowest BCUT2D eigenvalue weighted by Crippen LogP contribution is -2.47. The van der Waals surface area contributed by atoms with E-state index in [1.807, 2.05) is 13.8 Å². The third-order valence-corrected chi connectivity index (χ3v) is 6.47. The molecule has 2 aromatic carbocycles. The molecule has 3 rings (SSSR count). The molecule has 7 nitrogen and oxygen atoms in total. The topological polar surface area (TPSA) is 87.7 Å². The molecule has 0 saturated carbocycles. The summed E-state index contributed by atoms with van der Waals surface area (Å²) in [5, 5.41) is 2.80. The first-order chi connectivity index (χ1) is 15.4. The second-order valence-corrected chi connectivity index (χ2v) is 9.66. The maximum atomic E-state index is 12.8. The Kier molecular flexibility index (Phi) is 7.65. The lowest BCUT2D eigenvalue weighted by molar-refractivity contribution is -0.137. The number of sulfonamides is 1. The van der Waals surface area contributed by atoms with Gasteiger partial charge >= 0.3 is 6.18 Å². The number of rotatable bonds is 7. The van der Waals surface area contributed by atoms with Crippen molar-refractivity contribution in [2.45, 2.75) is 37.1 Å². The molecule has 0 bridgehead atoms. The quantitative estimate of drug-likeness (QED) is 0.628. The molecular formula is C22H26F3N3O4S. The number of ether oxygens (including phenoxy) is 1. The monoisotopic (exact) mass is 485 g/mol. The average Bonchev–Trinajstić information content (AvgIpc) is 2.72. The van der Waals surface area contributed by atoms with Crippen LogP contribution in [0.5, 0.6) is 0 Å². The van der Waals surface area contributed by atoms with Crippen LogP contribution < -0.4 is 10.0 Å². The van der Waals surface area contributed by atoms with Gasteiger partial charge in [0.05, 0.1) is 22.7 Å². The van der Waals surface area contributed by atoms with Crippen molar-refractivity contribution in [2.24, 2.45) is 0 Å². The van der Waals surface area contributed by atoms with E-state index < -0.39 is 21.8 Å². The van der Waals surface area contributed by atoms with Crippen LogP contribution in [0.4, 0.5) is 18.9 Å². The van der Waals surface area contributed by atoms with E-state index in [4.69, 9.17) is 4.74 Å². The highest BCUT2D eigenvalue weighted by atomic mass is 32.2. The number of alkyl halides is 3. The summed E-state index contributed by atoms with van der Waals surface area (Å²) in [5.74, 6) is -0.348. The molecule has 0 radical (unpaired) electrons. The van der Waals surface area contributed by atoms with Crippen molar-refractivity contribution in [1.29, 1.82) is 0 Å². The van der Waals surface area contributed by atoms with Gasteiger partial charge < -0.3 is 10.1 Å².